The van der Waals surface area contributed by atoms with Crippen LogP contribution in [0.4, 0.5) is 0 Å². The van der Waals surface area contributed by atoms with Crippen LogP contribution >= 0.6 is 12.6 Å². The Hall–Kier alpha value is -1.49. The number of nitrogens with zero attached hydrogens (tertiary/aromatic N) is 1. The number of rotatable bonds is 4. The van der Waals surface area contributed by atoms with Gasteiger partial charge in [-0.05, 0) is 26.0 Å². The monoisotopic (exact) mass is 253 g/mol. The lowest BCUT2D eigenvalue weighted by Crippen LogP contribution is -2.36. The third kappa shape index (κ3) is 3.78. The predicted octanol–water partition coefficient (Wildman–Crippen LogP) is 1.97. The maximum absolute atomic E-state index is 11.0. The molecule has 1 atom stereocenters. The summed E-state index contributed by atoms with van der Waals surface area (Å²) in [5, 5.41) is 18.5. The summed E-state index contributed by atoms with van der Waals surface area (Å²) in [6.45, 7) is 3.36. The van der Waals surface area contributed by atoms with Gasteiger partial charge in [0.2, 0.25) is 0 Å². The summed E-state index contributed by atoms with van der Waals surface area (Å²) in [6.07, 6.45) is 1.35. The van der Waals surface area contributed by atoms with Gasteiger partial charge in [-0.15, -0.1) is 0 Å². The van der Waals surface area contributed by atoms with Crippen molar-refractivity contribution >= 4 is 24.8 Å². The highest BCUT2D eigenvalue weighted by Crippen LogP contribution is 2.21. The second kappa shape index (κ2) is 5.23. The SMILES string of the molecule is CC(C)(S)[C@@H](N=Cc1ccccc1O)C(=O)O. The zero-order valence-corrected chi connectivity index (χ0v) is 10.6. The van der Waals surface area contributed by atoms with Crippen LogP contribution in [0.5, 0.6) is 5.75 Å². The molecule has 1 aromatic rings. The number of carbonyl (C=O) groups is 1. The molecule has 0 radical (unpaired) electrons. The number of hydrogen-bond acceptors (Lipinski definition) is 4. The molecule has 1 aromatic carbocycles. The molecule has 0 bridgehead atoms. The van der Waals surface area contributed by atoms with E-state index in [1.807, 2.05) is 0 Å². The number of thiol groups is 1. The van der Waals surface area contributed by atoms with Gasteiger partial charge in [0.05, 0.1) is 0 Å². The summed E-state index contributed by atoms with van der Waals surface area (Å²) in [6, 6.07) is 5.63. The van der Waals surface area contributed by atoms with Crippen molar-refractivity contribution in [2.75, 3.05) is 0 Å². The van der Waals surface area contributed by atoms with E-state index in [0.717, 1.165) is 0 Å². The first-order valence-corrected chi connectivity index (χ1v) is 5.53. The zero-order chi connectivity index (χ0) is 13.1. The van der Waals surface area contributed by atoms with Crippen LogP contribution in [0.15, 0.2) is 29.3 Å². The summed E-state index contributed by atoms with van der Waals surface area (Å²) in [4.78, 5) is 15.0. The van der Waals surface area contributed by atoms with Crippen molar-refractivity contribution in [2.24, 2.45) is 4.99 Å². The summed E-state index contributed by atoms with van der Waals surface area (Å²) < 4.78 is -0.771. The molecule has 0 aromatic heterocycles. The maximum atomic E-state index is 11.0. The average Bonchev–Trinajstić information content (AvgIpc) is 2.18. The van der Waals surface area contributed by atoms with Crippen molar-refractivity contribution in [2.45, 2.75) is 24.6 Å². The lowest BCUT2D eigenvalue weighted by Gasteiger charge is -2.22. The van der Waals surface area contributed by atoms with Crippen LogP contribution in [-0.4, -0.2) is 33.2 Å². The fourth-order valence-electron chi connectivity index (χ4n) is 1.30. The Balaban J connectivity index is 2.96. The lowest BCUT2D eigenvalue weighted by molar-refractivity contribution is -0.138. The minimum Gasteiger partial charge on any atom is -0.507 e. The van der Waals surface area contributed by atoms with Crippen LogP contribution < -0.4 is 0 Å². The highest BCUT2D eigenvalue weighted by atomic mass is 32.1. The van der Waals surface area contributed by atoms with Gasteiger partial charge < -0.3 is 10.2 Å². The van der Waals surface area contributed by atoms with Gasteiger partial charge in [-0.2, -0.15) is 12.6 Å². The molecule has 0 fully saturated rings. The molecule has 92 valence electrons. The Morgan fingerprint density at radius 1 is 1.47 bits per heavy atom. The number of benzene rings is 1. The smallest absolute Gasteiger partial charge is 0.329 e. The third-order valence-corrected chi connectivity index (χ3v) is 2.45. The van der Waals surface area contributed by atoms with Gasteiger partial charge in [0.25, 0.3) is 0 Å². The van der Waals surface area contributed by atoms with Crippen LogP contribution in [0.1, 0.15) is 19.4 Å². The minimum absolute atomic E-state index is 0.0670. The summed E-state index contributed by atoms with van der Waals surface area (Å²) in [5.74, 6) is -0.978. The first-order chi connectivity index (χ1) is 7.82. The Kier molecular flexibility index (Phi) is 4.17. The van der Waals surface area contributed by atoms with E-state index in [1.165, 1.54) is 12.3 Å². The van der Waals surface area contributed by atoms with Gasteiger partial charge in [-0.1, -0.05) is 12.1 Å². The molecule has 0 unspecified atom stereocenters. The molecular formula is C12H15NO3S. The highest BCUT2D eigenvalue weighted by molar-refractivity contribution is 7.81. The number of phenolic OH excluding ortho intramolecular Hbond substituents is 1. The minimum atomic E-state index is -1.04. The number of aliphatic imine (C=N–C) groups is 1. The van der Waals surface area contributed by atoms with E-state index in [1.54, 1.807) is 32.0 Å². The second-order valence-corrected chi connectivity index (χ2v) is 5.38. The maximum Gasteiger partial charge on any atom is 0.329 e. The van der Waals surface area contributed by atoms with E-state index in [-0.39, 0.29) is 5.75 Å². The normalized spacial score (nSPS) is 13.8. The Bertz CT molecular complexity index is 438. The van der Waals surface area contributed by atoms with Crippen molar-refractivity contribution < 1.29 is 15.0 Å². The van der Waals surface area contributed by atoms with Crippen LogP contribution in [0.25, 0.3) is 0 Å². The fraction of sp³-hybridized carbons (Fsp3) is 0.333. The Morgan fingerprint density at radius 2 is 2.06 bits per heavy atom. The van der Waals surface area contributed by atoms with E-state index < -0.39 is 16.8 Å². The van der Waals surface area contributed by atoms with E-state index >= 15 is 0 Å². The molecule has 0 heterocycles. The molecule has 4 nitrogen and oxygen atoms in total. The predicted molar refractivity (Wildman–Crippen MR) is 70.2 cm³/mol. The molecule has 2 N–H and O–H groups in total. The fourth-order valence-corrected chi connectivity index (χ4v) is 1.48. The quantitative estimate of drug-likeness (QED) is 0.567. The number of carboxylic acids is 1. The first kappa shape index (κ1) is 13.6. The molecule has 0 spiro atoms. The van der Waals surface area contributed by atoms with Crippen LogP contribution in [0, 0.1) is 0 Å². The third-order valence-electron chi connectivity index (χ3n) is 2.20. The van der Waals surface area contributed by atoms with Gasteiger partial charge >= 0.3 is 5.97 Å². The molecule has 0 saturated heterocycles. The molecule has 0 amide bonds. The first-order valence-electron chi connectivity index (χ1n) is 5.08. The van der Waals surface area contributed by atoms with Gasteiger partial charge in [0.15, 0.2) is 6.04 Å². The Labute approximate surface area is 105 Å². The van der Waals surface area contributed by atoms with Gasteiger partial charge in [0, 0.05) is 16.5 Å². The standard InChI is InChI=1S/C12H15NO3S/c1-12(2,17)10(11(15)16)13-7-8-5-3-4-6-9(8)14/h3-7,10,14,17H,1-2H3,(H,15,16)/t10-/m0/s1. The molecule has 0 aliphatic heterocycles. The van der Waals surface area contributed by atoms with E-state index in [4.69, 9.17) is 5.11 Å². The molecule has 1 rings (SSSR count). The molecule has 0 aliphatic carbocycles. The molecule has 0 saturated carbocycles. The van der Waals surface area contributed by atoms with Gasteiger partial charge in [-0.3, -0.25) is 4.99 Å². The van der Waals surface area contributed by atoms with E-state index in [0.29, 0.717) is 5.56 Å². The van der Waals surface area contributed by atoms with Crippen LogP contribution in [0.2, 0.25) is 0 Å². The van der Waals surface area contributed by atoms with E-state index in [2.05, 4.69) is 17.6 Å². The summed E-state index contributed by atoms with van der Waals surface area (Å²) >= 11 is 4.20. The van der Waals surface area contributed by atoms with Gasteiger partial charge in [-0.25, -0.2) is 4.79 Å². The number of aromatic hydroxyl groups is 1. The van der Waals surface area contributed by atoms with Gasteiger partial charge in [0.1, 0.15) is 5.75 Å². The molecule has 5 heteroatoms. The number of hydrogen-bond donors (Lipinski definition) is 3. The largest absolute Gasteiger partial charge is 0.507 e. The number of carboxylic acid groups (broad SMARTS) is 1. The summed E-state index contributed by atoms with van der Waals surface area (Å²) in [7, 11) is 0. The topological polar surface area (TPSA) is 69.9 Å². The number of para-hydroxylation sites is 1. The lowest BCUT2D eigenvalue weighted by atomic mass is 10.0. The molecule has 17 heavy (non-hydrogen) atoms. The average molecular weight is 253 g/mol. The zero-order valence-electron chi connectivity index (χ0n) is 9.66. The number of phenols is 1. The van der Waals surface area contributed by atoms with Crippen molar-refractivity contribution in [1.82, 2.24) is 0 Å². The van der Waals surface area contributed by atoms with Crippen molar-refractivity contribution in [1.29, 1.82) is 0 Å². The van der Waals surface area contributed by atoms with Crippen molar-refractivity contribution in [3.63, 3.8) is 0 Å². The summed E-state index contributed by atoms with van der Waals surface area (Å²) in [5.41, 5.74) is 0.483. The van der Waals surface area contributed by atoms with Crippen LogP contribution in [-0.2, 0) is 4.79 Å². The van der Waals surface area contributed by atoms with Crippen molar-refractivity contribution in [3.8, 4) is 5.75 Å². The second-order valence-electron chi connectivity index (χ2n) is 4.23. The number of aliphatic carboxylic acids is 1. The Morgan fingerprint density at radius 3 is 2.53 bits per heavy atom. The van der Waals surface area contributed by atoms with E-state index in [9.17, 15) is 9.90 Å². The van der Waals surface area contributed by atoms with Crippen LogP contribution in [0.3, 0.4) is 0 Å². The van der Waals surface area contributed by atoms with Crippen molar-refractivity contribution in [3.05, 3.63) is 29.8 Å². The molecular weight excluding hydrogens is 238 g/mol. The molecule has 0 aliphatic rings. The highest BCUT2D eigenvalue weighted by Gasteiger charge is 2.31.